The number of nitrogens with one attached hydrogen (secondary N) is 1. The molecule has 7 heteroatoms. The predicted molar refractivity (Wildman–Crippen MR) is 97.1 cm³/mol. The van der Waals surface area contributed by atoms with E-state index < -0.39 is 6.04 Å². The van der Waals surface area contributed by atoms with Crippen molar-refractivity contribution in [1.29, 1.82) is 0 Å². The molecule has 2 aliphatic rings. The SMILES string of the molecule is CN(Cc1cccc2c1CN(C1CCC(=O)NC1=O)C2=O)C(C)(C)CN. The van der Waals surface area contributed by atoms with Gasteiger partial charge in [-0.25, -0.2) is 0 Å². The number of amides is 3. The van der Waals surface area contributed by atoms with E-state index in [0.717, 1.165) is 11.1 Å². The number of nitrogens with two attached hydrogens (primary N) is 1. The van der Waals surface area contributed by atoms with Crippen molar-refractivity contribution in [2.45, 2.75) is 51.4 Å². The van der Waals surface area contributed by atoms with E-state index in [1.807, 2.05) is 19.2 Å². The first-order chi connectivity index (χ1) is 12.2. The Balaban J connectivity index is 1.84. The first kappa shape index (κ1) is 18.5. The molecule has 0 spiro atoms. The largest absolute Gasteiger partial charge is 0.329 e. The van der Waals surface area contributed by atoms with Crippen LogP contribution in [-0.2, 0) is 22.7 Å². The monoisotopic (exact) mass is 358 g/mol. The van der Waals surface area contributed by atoms with Crippen LogP contribution >= 0.6 is 0 Å². The third kappa shape index (κ3) is 3.24. The van der Waals surface area contributed by atoms with Gasteiger partial charge in [0.25, 0.3) is 5.91 Å². The van der Waals surface area contributed by atoms with Crippen LogP contribution in [0.3, 0.4) is 0 Å². The lowest BCUT2D eigenvalue weighted by molar-refractivity contribution is -0.136. The number of piperidine rings is 1. The summed E-state index contributed by atoms with van der Waals surface area (Å²) < 4.78 is 0. The third-order valence-electron chi connectivity index (χ3n) is 5.62. The topological polar surface area (TPSA) is 95.7 Å². The van der Waals surface area contributed by atoms with Crippen LogP contribution in [0.25, 0.3) is 0 Å². The molecule has 1 unspecified atom stereocenters. The van der Waals surface area contributed by atoms with Gasteiger partial charge < -0.3 is 10.6 Å². The fraction of sp³-hybridized carbons (Fsp3) is 0.526. The van der Waals surface area contributed by atoms with Crippen molar-refractivity contribution < 1.29 is 14.4 Å². The number of likely N-dealkylation sites (N-methyl/N-ethyl adjacent to an activating group) is 1. The predicted octanol–water partition coefficient (Wildman–Crippen LogP) is 0.617. The lowest BCUT2D eigenvalue weighted by atomic mass is 9.99. The van der Waals surface area contributed by atoms with E-state index in [2.05, 4.69) is 24.1 Å². The Morgan fingerprint density at radius 2 is 2.04 bits per heavy atom. The highest BCUT2D eigenvalue weighted by Crippen LogP contribution is 2.31. The number of carbonyl (C=O) groups excluding carboxylic acids is 3. The van der Waals surface area contributed by atoms with Gasteiger partial charge in [0, 0.05) is 37.2 Å². The first-order valence-electron chi connectivity index (χ1n) is 8.91. The van der Waals surface area contributed by atoms with E-state index >= 15 is 0 Å². The second-order valence-corrected chi connectivity index (χ2v) is 7.72. The van der Waals surface area contributed by atoms with Crippen LogP contribution in [0, 0.1) is 0 Å². The summed E-state index contributed by atoms with van der Waals surface area (Å²) >= 11 is 0. The van der Waals surface area contributed by atoms with Crippen molar-refractivity contribution in [2.24, 2.45) is 5.73 Å². The molecule has 0 aliphatic carbocycles. The molecule has 140 valence electrons. The number of hydrogen-bond donors (Lipinski definition) is 2. The summed E-state index contributed by atoms with van der Waals surface area (Å²) in [5.74, 6) is -0.802. The molecule has 3 N–H and O–H groups in total. The summed E-state index contributed by atoms with van der Waals surface area (Å²) in [5.41, 5.74) is 8.38. The van der Waals surface area contributed by atoms with Gasteiger partial charge >= 0.3 is 0 Å². The zero-order chi connectivity index (χ0) is 19.1. The Hall–Kier alpha value is -2.25. The smallest absolute Gasteiger partial charge is 0.255 e. The van der Waals surface area contributed by atoms with Gasteiger partial charge in [-0.05, 0) is 44.5 Å². The van der Waals surface area contributed by atoms with Gasteiger partial charge in [0.15, 0.2) is 0 Å². The molecule has 7 nitrogen and oxygen atoms in total. The molecule has 0 bridgehead atoms. The van der Waals surface area contributed by atoms with Crippen molar-refractivity contribution in [3.05, 3.63) is 34.9 Å². The molecule has 1 aromatic carbocycles. The van der Waals surface area contributed by atoms with E-state index in [4.69, 9.17) is 5.73 Å². The normalized spacial score (nSPS) is 20.6. The fourth-order valence-corrected chi connectivity index (χ4v) is 3.42. The average molecular weight is 358 g/mol. The Morgan fingerprint density at radius 1 is 1.31 bits per heavy atom. The van der Waals surface area contributed by atoms with Crippen molar-refractivity contribution in [3.63, 3.8) is 0 Å². The van der Waals surface area contributed by atoms with Gasteiger partial charge in [-0.1, -0.05) is 12.1 Å². The Morgan fingerprint density at radius 3 is 2.69 bits per heavy atom. The standard InChI is InChI=1S/C19H26N4O3/c1-19(2,11-20)22(3)9-12-5-4-6-13-14(12)10-23(18(13)26)15-7-8-16(24)21-17(15)25/h4-6,15H,7-11,20H2,1-3H3,(H,21,24,25). The van der Waals surface area contributed by atoms with Gasteiger partial charge in [-0.15, -0.1) is 0 Å². The van der Waals surface area contributed by atoms with Crippen LogP contribution in [-0.4, -0.2) is 52.7 Å². The van der Waals surface area contributed by atoms with Crippen LogP contribution in [0.5, 0.6) is 0 Å². The highest BCUT2D eigenvalue weighted by Gasteiger charge is 2.40. The molecule has 3 amide bonds. The van der Waals surface area contributed by atoms with Crippen LogP contribution in [0.4, 0.5) is 0 Å². The van der Waals surface area contributed by atoms with E-state index in [9.17, 15) is 14.4 Å². The molecule has 0 aromatic heterocycles. The highest BCUT2D eigenvalue weighted by molar-refractivity contribution is 6.05. The quantitative estimate of drug-likeness (QED) is 0.752. The van der Waals surface area contributed by atoms with Crippen molar-refractivity contribution >= 4 is 17.7 Å². The summed E-state index contributed by atoms with van der Waals surface area (Å²) in [4.78, 5) is 40.2. The summed E-state index contributed by atoms with van der Waals surface area (Å²) in [6.45, 7) is 5.76. The van der Waals surface area contributed by atoms with E-state index in [1.54, 1.807) is 11.0 Å². The summed E-state index contributed by atoms with van der Waals surface area (Å²) in [6.07, 6.45) is 0.636. The van der Waals surface area contributed by atoms with Gasteiger partial charge in [-0.3, -0.25) is 24.6 Å². The maximum absolute atomic E-state index is 12.8. The van der Waals surface area contributed by atoms with Gasteiger partial charge in [0.2, 0.25) is 11.8 Å². The minimum absolute atomic E-state index is 0.142. The van der Waals surface area contributed by atoms with Crippen LogP contribution in [0.15, 0.2) is 18.2 Å². The number of rotatable bonds is 5. The molecule has 1 saturated heterocycles. The zero-order valence-corrected chi connectivity index (χ0v) is 15.5. The second-order valence-electron chi connectivity index (χ2n) is 7.72. The number of benzene rings is 1. The molecular weight excluding hydrogens is 332 g/mol. The molecule has 0 saturated carbocycles. The van der Waals surface area contributed by atoms with Gasteiger partial charge in [0.1, 0.15) is 6.04 Å². The molecule has 1 fully saturated rings. The van der Waals surface area contributed by atoms with E-state index in [0.29, 0.717) is 31.6 Å². The molecule has 0 radical (unpaired) electrons. The van der Waals surface area contributed by atoms with E-state index in [-0.39, 0.29) is 29.7 Å². The van der Waals surface area contributed by atoms with Crippen molar-refractivity contribution in [2.75, 3.05) is 13.6 Å². The Labute approximate surface area is 153 Å². The molecule has 2 heterocycles. The highest BCUT2D eigenvalue weighted by atomic mass is 16.2. The van der Waals surface area contributed by atoms with E-state index in [1.165, 1.54) is 0 Å². The lowest BCUT2D eigenvalue weighted by Gasteiger charge is -2.35. The number of imide groups is 1. The molecule has 3 rings (SSSR count). The summed E-state index contributed by atoms with van der Waals surface area (Å²) in [7, 11) is 2.01. The minimum Gasteiger partial charge on any atom is -0.329 e. The number of nitrogens with zero attached hydrogens (tertiary/aromatic N) is 2. The Kier molecular flexibility index (Phi) is 4.86. The third-order valence-corrected chi connectivity index (χ3v) is 5.62. The van der Waals surface area contributed by atoms with Crippen molar-refractivity contribution in [3.8, 4) is 0 Å². The number of carbonyl (C=O) groups is 3. The van der Waals surface area contributed by atoms with Gasteiger partial charge in [0.05, 0.1) is 0 Å². The molecule has 1 aromatic rings. The molecule has 2 aliphatic heterocycles. The maximum Gasteiger partial charge on any atom is 0.255 e. The Bertz CT molecular complexity index is 759. The molecular formula is C19H26N4O3. The molecule has 26 heavy (non-hydrogen) atoms. The van der Waals surface area contributed by atoms with Crippen molar-refractivity contribution in [1.82, 2.24) is 15.1 Å². The lowest BCUT2D eigenvalue weighted by Crippen LogP contribution is -2.52. The summed E-state index contributed by atoms with van der Waals surface area (Å²) in [6, 6.07) is 5.12. The minimum atomic E-state index is -0.585. The van der Waals surface area contributed by atoms with Gasteiger partial charge in [-0.2, -0.15) is 0 Å². The molecule has 1 atom stereocenters. The van der Waals surface area contributed by atoms with Crippen LogP contribution in [0.2, 0.25) is 0 Å². The maximum atomic E-state index is 12.8. The first-order valence-corrected chi connectivity index (χ1v) is 8.91. The summed E-state index contributed by atoms with van der Waals surface area (Å²) in [5, 5.41) is 2.33. The fourth-order valence-electron chi connectivity index (χ4n) is 3.42. The average Bonchev–Trinajstić information content (AvgIpc) is 2.93. The second kappa shape index (κ2) is 6.81. The van der Waals surface area contributed by atoms with Crippen LogP contribution in [0.1, 0.15) is 48.2 Å². The number of hydrogen-bond acceptors (Lipinski definition) is 5. The number of fused-ring (bicyclic) bond motifs is 1. The zero-order valence-electron chi connectivity index (χ0n) is 15.5. The van der Waals surface area contributed by atoms with Crippen LogP contribution < -0.4 is 11.1 Å².